The fraction of sp³-hybridized carbons (Fsp3) is 0.667. The van der Waals surface area contributed by atoms with Crippen molar-refractivity contribution in [2.45, 2.75) is 38.1 Å². The monoisotopic (exact) mass is 342 g/mol. The summed E-state index contributed by atoms with van der Waals surface area (Å²) in [7, 11) is 0. The average Bonchev–Trinajstić information content (AvgIpc) is 3.10. The zero-order valence-electron chi connectivity index (χ0n) is 14.0. The minimum absolute atomic E-state index is 0.0603. The maximum atomic E-state index is 12.6. The van der Waals surface area contributed by atoms with Crippen LogP contribution in [0, 0.1) is 5.92 Å². The largest absolute Gasteiger partial charge is 0.401 e. The quantitative estimate of drug-likeness (QED) is 0.891. The predicted molar refractivity (Wildman–Crippen MR) is 86.7 cm³/mol. The number of aliphatic hydroxyl groups excluding tert-OH is 1. The summed E-state index contributed by atoms with van der Waals surface area (Å²) in [5.74, 6) is 0.239. The summed E-state index contributed by atoms with van der Waals surface area (Å²) in [6.45, 7) is 3.44. The number of hydrogen-bond acceptors (Lipinski definition) is 3. The van der Waals surface area contributed by atoms with Crippen LogP contribution in [0.3, 0.4) is 0 Å². The van der Waals surface area contributed by atoms with Gasteiger partial charge in [0.05, 0.1) is 12.6 Å². The fourth-order valence-electron chi connectivity index (χ4n) is 4.12. The maximum absolute atomic E-state index is 12.6. The third kappa shape index (κ3) is 3.92. The Bertz CT molecular complexity index is 563. The molecule has 1 aliphatic heterocycles. The van der Waals surface area contributed by atoms with Crippen molar-refractivity contribution in [1.82, 2.24) is 9.80 Å². The van der Waals surface area contributed by atoms with E-state index < -0.39 is 18.8 Å². The van der Waals surface area contributed by atoms with E-state index in [-0.39, 0.29) is 12.0 Å². The van der Waals surface area contributed by atoms with Crippen molar-refractivity contribution in [3.63, 3.8) is 0 Å². The minimum atomic E-state index is -4.14. The standard InChI is InChI=1S/C18H25F3N2O/c1-2-22(12-18(19,20)21)10-13-7-8-23(11-13)16-9-14-5-3-4-6-15(14)17(16)24/h3-6,13,16-17,24H,2,7-12H2,1H3/t13-,16+,17+/m0/s1. The molecule has 3 atom stereocenters. The number of halogens is 3. The van der Waals surface area contributed by atoms with Gasteiger partial charge in [-0.2, -0.15) is 13.2 Å². The molecule has 1 aromatic rings. The zero-order valence-corrected chi connectivity index (χ0v) is 14.0. The molecule has 1 N–H and O–H groups in total. The lowest BCUT2D eigenvalue weighted by atomic mass is 10.1. The molecule has 3 rings (SSSR count). The van der Waals surface area contributed by atoms with E-state index in [9.17, 15) is 18.3 Å². The van der Waals surface area contributed by atoms with Gasteiger partial charge in [-0.1, -0.05) is 31.2 Å². The lowest BCUT2D eigenvalue weighted by molar-refractivity contribution is -0.146. The van der Waals surface area contributed by atoms with Crippen molar-refractivity contribution in [1.29, 1.82) is 0 Å². The van der Waals surface area contributed by atoms with E-state index in [0.717, 1.165) is 31.5 Å². The topological polar surface area (TPSA) is 26.7 Å². The van der Waals surface area contributed by atoms with E-state index >= 15 is 0 Å². The van der Waals surface area contributed by atoms with E-state index in [2.05, 4.69) is 4.90 Å². The molecule has 0 amide bonds. The Hall–Kier alpha value is -1.11. The van der Waals surface area contributed by atoms with Gasteiger partial charge in [-0.05, 0) is 43.0 Å². The number of hydrogen-bond donors (Lipinski definition) is 1. The highest BCUT2D eigenvalue weighted by molar-refractivity contribution is 5.36. The van der Waals surface area contributed by atoms with Crippen LogP contribution < -0.4 is 0 Å². The van der Waals surface area contributed by atoms with Gasteiger partial charge < -0.3 is 5.11 Å². The van der Waals surface area contributed by atoms with Crippen LogP contribution in [0.15, 0.2) is 24.3 Å². The summed E-state index contributed by atoms with van der Waals surface area (Å²) in [6.07, 6.45) is -2.91. The molecular formula is C18H25F3N2O. The minimum Gasteiger partial charge on any atom is -0.387 e. The summed E-state index contributed by atoms with van der Waals surface area (Å²) < 4.78 is 37.8. The van der Waals surface area contributed by atoms with Crippen molar-refractivity contribution < 1.29 is 18.3 Å². The number of fused-ring (bicyclic) bond motifs is 1. The molecule has 0 radical (unpaired) electrons. The molecule has 2 aliphatic rings. The van der Waals surface area contributed by atoms with E-state index in [4.69, 9.17) is 0 Å². The highest BCUT2D eigenvalue weighted by Crippen LogP contribution is 2.36. The van der Waals surface area contributed by atoms with Crippen LogP contribution >= 0.6 is 0 Å². The molecule has 3 nitrogen and oxygen atoms in total. The molecule has 1 aromatic carbocycles. The lowest BCUT2D eigenvalue weighted by Crippen LogP contribution is -2.40. The number of benzene rings is 1. The fourth-order valence-corrected chi connectivity index (χ4v) is 4.12. The van der Waals surface area contributed by atoms with Crippen LogP contribution in [0.4, 0.5) is 13.2 Å². The Morgan fingerprint density at radius 3 is 2.71 bits per heavy atom. The van der Waals surface area contributed by atoms with Crippen molar-refractivity contribution >= 4 is 0 Å². The Morgan fingerprint density at radius 2 is 2.04 bits per heavy atom. The van der Waals surface area contributed by atoms with Gasteiger partial charge in [-0.25, -0.2) is 0 Å². The molecule has 1 saturated heterocycles. The third-order valence-corrected chi connectivity index (χ3v) is 5.32. The molecular weight excluding hydrogens is 317 g/mol. The predicted octanol–water partition coefficient (Wildman–Crippen LogP) is 2.85. The van der Waals surface area contributed by atoms with Crippen LogP contribution in [0.2, 0.25) is 0 Å². The van der Waals surface area contributed by atoms with E-state index in [1.54, 1.807) is 6.92 Å². The molecule has 0 aromatic heterocycles. The van der Waals surface area contributed by atoms with E-state index in [0.29, 0.717) is 13.1 Å². The van der Waals surface area contributed by atoms with E-state index in [1.807, 2.05) is 24.3 Å². The Labute approximate surface area is 141 Å². The number of rotatable bonds is 5. The van der Waals surface area contributed by atoms with Crippen molar-refractivity contribution in [3.8, 4) is 0 Å². The highest BCUT2D eigenvalue weighted by atomic mass is 19.4. The highest BCUT2D eigenvalue weighted by Gasteiger charge is 2.39. The molecule has 24 heavy (non-hydrogen) atoms. The SMILES string of the molecule is CCN(C[C@@H]1CCN([C@@H]2Cc3ccccc3[C@H]2O)C1)CC(F)(F)F. The second-order valence-electron chi connectivity index (χ2n) is 7.01. The van der Waals surface area contributed by atoms with Gasteiger partial charge in [0.1, 0.15) is 0 Å². The second-order valence-corrected chi connectivity index (χ2v) is 7.01. The molecule has 0 unspecified atom stereocenters. The van der Waals surface area contributed by atoms with Crippen molar-refractivity contribution in [2.24, 2.45) is 5.92 Å². The van der Waals surface area contributed by atoms with Gasteiger partial charge in [0.2, 0.25) is 0 Å². The first-order valence-electron chi connectivity index (χ1n) is 8.66. The molecule has 6 heteroatoms. The van der Waals surface area contributed by atoms with Crippen LogP contribution in [-0.2, 0) is 6.42 Å². The number of likely N-dealkylation sites (tertiary alicyclic amines) is 1. The Morgan fingerprint density at radius 1 is 1.29 bits per heavy atom. The van der Waals surface area contributed by atoms with Crippen molar-refractivity contribution in [2.75, 3.05) is 32.7 Å². The summed E-state index contributed by atoms with van der Waals surface area (Å²) in [5.41, 5.74) is 2.18. The Balaban J connectivity index is 1.56. The first-order chi connectivity index (χ1) is 11.4. The zero-order chi connectivity index (χ0) is 17.3. The second kappa shape index (κ2) is 7.02. The summed E-state index contributed by atoms with van der Waals surface area (Å²) in [5, 5.41) is 10.6. The smallest absolute Gasteiger partial charge is 0.387 e. The number of alkyl halides is 3. The number of nitrogens with zero attached hydrogens (tertiary/aromatic N) is 2. The molecule has 1 aliphatic carbocycles. The molecule has 0 spiro atoms. The van der Waals surface area contributed by atoms with Gasteiger partial charge in [0.15, 0.2) is 0 Å². The molecule has 1 heterocycles. The van der Waals surface area contributed by atoms with Crippen molar-refractivity contribution in [3.05, 3.63) is 35.4 Å². The molecule has 1 fully saturated rings. The Kier molecular flexibility index (Phi) is 5.18. The molecule has 134 valence electrons. The maximum Gasteiger partial charge on any atom is 0.401 e. The average molecular weight is 342 g/mol. The van der Waals surface area contributed by atoms with Gasteiger partial charge in [0.25, 0.3) is 0 Å². The lowest BCUT2D eigenvalue weighted by Gasteiger charge is -2.28. The first kappa shape index (κ1) is 17.7. The summed E-state index contributed by atoms with van der Waals surface area (Å²) in [6, 6.07) is 8.00. The van der Waals surface area contributed by atoms with Gasteiger partial charge in [-0.3, -0.25) is 9.80 Å². The molecule has 0 bridgehead atoms. The van der Waals surface area contributed by atoms with Crippen LogP contribution in [0.5, 0.6) is 0 Å². The van der Waals surface area contributed by atoms with Crippen LogP contribution in [-0.4, -0.2) is 59.8 Å². The first-order valence-corrected chi connectivity index (χ1v) is 8.66. The van der Waals surface area contributed by atoms with E-state index in [1.165, 1.54) is 10.5 Å². The third-order valence-electron chi connectivity index (χ3n) is 5.32. The van der Waals surface area contributed by atoms with Gasteiger partial charge >= 0.3 is 6.18 Å². The van der Waals surface area contributed by atoms with Crippen LogP contribution in [0.1, 0.15) is 30.6 Å². The van der Waals surface area contributed by atoms with Crippen LogP contribution in [0.25, 0.3) is 0 Å². The molecule has 0 saturated carbocycles. The summed E-state index contributed by atoms with van der Waals surface area (Å²) in [4.78, 5) is 3.74. The number of aliphatic hydroxyl groups is 1. The summed E-state index contributed by atoms with van der Waals surface area (Å²) >= 11 is 0. The normalized spacial score (nSPS) is 27.8. The van der Waals surface area contributed by atoms with Gasteiger partial charge in [0, 0.05) is 19.1 Å². The van der Waals surface area contributed by atoms with Gasteiger partial charge in [-0.15, -0.1) is 0 Å².